The molecule has 4 nitrogen and oxygen atoms in total. The van der Waals surface area contributed by atoms with Crippen LogP contribution in [0.25, 0.3) is 0 Å². The fraction of sp³-hybridized carbons (Fsp3) is 0.167. The van der Waals surface area contributed by atoms with E-state index in [2.05, 4.69) is 0 Å². The lowest BCUT2D eigenvalue weighted by Crippen LogP contribution is -1.91. The lowest BCUT2D eigenvalue weighted by atomic mass is 10.4. The van der Waals surface area contributed by atoms with Gasteiger partial charge in [0.1, 0.15) is 9.75 Å². The van der Waals surface area contributed by atoms with Gasteiger partial charge in [-0.2, -0.15) is 0 Å². The molecular formula is C12H11ClO4S2. The van der Waals surface area contributed by atoms with E-state index in [0.29, 0.717) is 9.90 Å². The summed E-state index contributed by atoms with van der Waals surface area (Å²) in [6, 6.07) is 5.06. The first-order chi connectivity index (χ1) is 8.81. The molecule has 0 bridgehead atoms. The molecule has 7 heteroatoms. The molecule has 2 heterocycles. The highest BCUT2D eigenvalue weighted by atomic mass is 35.5. The van der Waals surface area contributed by atoms with Crippen LogP contribution >= 0.6 is 34.3 Å². The number of thiophene rings is 2. The maximum atomic E-state index is 10.4. The van der Waals surface area contributed by atoms with Crippen LogP contribution in [-0.4, -0.2) is 22.2 Å². The van der Waals surface area contributed by atoms with E-state index in [1.165, 1.54) is 22.7 Å². The molecule has 0 unspecified atom stereocenters. The zero-order valence-corrected chi connectivity index (χ0v) is 12.5. The van der Waals surface area contributed by atoms with Gasteiger partial charge in [0.05, 0.1) is 5.02 Å². The average Bonchev–Trinajstić information content (AvgIpc) is 2.85. The maximum Gasteiger partial charge on any atom is 0.347 e. The van der Waals surface area contributed by atoms with E-state index >= 15 is 0 Å². The molecule has 0 atom stereocenters. The number of carboxylic acids is 2. The van der Waals surface area contributed by atoms with Gasteiger partial charge in [0.15, 0.2) is 0 Å². The molecule has 0 aliphatic heterocycles. The number of hydrogen-bond donors (Lipinski definition) is 2. The fourth-order valence-corrected chi connectivity index (χ4v) is 3.05. The molecule has 2 aromatic rings. The number of rotatable bonds is 2. The number of carbonyl (C=O) groups is 2. The topological polar surface area (TPSA) is 74.6 Å². The molecule has 0 spiro atoms. The van der Waals surface area contributed by atoms with E-state index in [0.717, 1.165) is 9.75 Å². The van der Waals surface area contributed by atoms with Crippen molar-refractivity contribution < 1.29 is 19.8 Å². The predicted octanol–water partition coefficient (Wildman–Crippen LogP) is 4.16. The van der Waals surface area contributed by atoms with Crippen LogP contribution in [0.15, 0.2) is 18.2 Å². The van der Waals surface area contributed by atoms with Crippen LogP contribution in [0.5, 0.6) is 0 Å². The Morgan fingerprint density at radius 2 is 1.68 bits per heavy atom. The number of carboxylic acid groups (broad SMARTS) is 2. The molecular weight excluding hydrogens is 308 g/mol. The zero-order valence-electron chi connectivity index (χ0n) is 10.1. The Morgan fingerprint density at radius 3 is 1.89 bits per heavy atom. The molecule has 0 amide bonds. The van der Waals surface area contributed by atoms with Gasteiger partial charge in [0.25, 0.3) is 0 Å². The Hall–Kier alpha value is -1.37. The Morgan fingerprint density at radius 1 is 1.05 bits per heavy atom. The van der Waals surface area contributed by atoms with E-state index in [9.17, 15) is 9.59 Å². The van der Waals surface area contributed by atoms with Gasteiger partial charge in [-0.25, -0.2) is 9.59 Å². The highest BCUT2D eigenvalue weighted by Crippen LogP contribution is 2.25. The van der Waals surface area contributed by atoms with Crippen LogP contribution in [0.3, 0.4) is 0 Å². The highest BCUT2D eigenvalue weighted by molar-refractivity contribution is 7.14. The normalized spacial score (nSPS) is 9.63. The number of aromatic carboxylic acids is 2. The largest absolute Gasteiger partial charge is 0.477 e. The Labute approximate surface area is 122 Å². The molecule has 0 aromatic carbocycles. The summed E-state index contributed by atoms with van der Waals surface area (Å²) < 4.78 is 0. The van der Waals surface area contributed by atoms with Gasteiger partial charge in [0.2, 0.25) is 0 Å². The van der Waals surface area contributed by atoms with Crippen molar-refractivity contribution in [2.24, 2.45) is 0 Å². The van der Waals surface area contributed by atoms with Crippen LogP contribution in [0, 0.1) is 13.8 Å². The molecule has 102 valence electrons. The molecule has 0 saturated carbocycles. The van der Waals surface area contributed by atoms with Gasteiger partial charge in [-0.15, -0.1) is 22.7 Å². The summed E-state index contributed by atoms with van der Waals surface area (Å²) >= 11 is 8.06. The molecule has 19 heavy (non-hydrogen) atoms. The molecule has 0 radical (unpaired) electrons. The van der Waals surface area contributed by atoms with Crippen molar-refractivity contribution in [3.05, 3.63) is 42.7 Å². The van der Waals surface area contributed by atoms with Crippen molar-refractivity contribution in [2.75, 3.05) is 0 Å². The number of hydrogen-bond acceptors (Lipinski definition) is 4. The summed E-state index contributed by atoms with van der Waals surface area (Å²) in [7, 11) is 0. The third kappa shape index (κ3) is 4.66. The summed E-state index contributed by atoms with van der Waals surface area (Å²) in [5, 5.41) is 17.2. The molecule has 0 fully saturated rings. The molecule has 2 aromatic heterocycles. The minimum absolute atomic E-state index is 0.221. The first kappa shape index (κ1) is 15.7. The average molecular weight is 319 g/mol. The minimum atomic E-state index is -0.955. The lowest BCUT2D eigenvalue weighted by molar-refractivity contribution is 0.0691. The zero-order chi connectivity index (χ0) is 14.6. The second-order valence-corrected chi connectivity index (χ2v) is 6.51. The van der Waals surface area contributed by atoms with Gasteiger partial charge in [-0.05, 0) is 32.0 Å². The van der Waals surface area contributed by atoms with Crippen molar-refractivity contribution in [3.8, 4) is 0 Å². The third-order valence-electron chi connectivity index (χ3n) is 1.96. The second kappa shape index (κ2) is 6.70. The van der Waals surface area contributed by atoms with Crippen molar-refractivity contribution in [1.82, 2.24) is 0 Å². The van der Waals surface area contributed by atoms with E-state index in [1.54, 1.807) is 18.2 Å². The van der Waals surface area contributed by atoms with Gasteiger partial charge in [-0.1, -0.05) is 11.6 Å². The molecule has 0 aliphatic carbocycles. The van der Waals surface area contributed by atoms with Crippen molar-refractivity contribution in [3.63, 3.8) is 0 Å². The Kier molecular flexibility index (Phi) is 5.53. The summed E-state index contributed by atoms with van der Waals surface area (Å²) in [6.07, 6.45) is 0. The van der Waals surface area contributed by atoms with Gasteiger partial charge in [0, 0.05) is 9.75 Å². The van der Waals surface area contributed by atoms with E-state index < -0.39 is 11.9 Å². The second-order valence-electron chi connectivity index (χ2n) is 3.55. The molecule has 0 aliphatic rings. The highest BCUT2D eigenvalue weighted by Gasteiger charge is 2.10. The quantitative estimate of drug-likeness (QED) is 0.871. The number of aryl methyl sites for hydroxylation is 2. The maximum absolute atomic E-state index is 10.4. The lowest BCUT2D eigenvalue weighted by Gasteiger charge is -1.84. The van der Waals surface area contributed by atoms with Crippen LogP contribution in [0.4, 0.5) is 0 Å². The summed E-state index contributed by atoms with van der Waals surface area (Å²) in [4.78, 5) is 23.2. The van der Waals surface area contributed by atoms with E-state index in [1.807, 2.05) is 13.8 Å². The smallest absolute Gasteiger partial charge is 0.347 e. The summed E-state index contributed by atoms with van der Waals surface area (Å²) in [5.74, 6) is -1.80. The SMILES string of the molecule is Cc1cc(Cl)c(C(=O)O)s1.Cc1ccc(C(=O)O)s1. The third-order valence-corrected chi connectivity index (χ3v) is 4.39. The minimum Gasteiger partial charge on any atom is -0.477 e. The summed E-state index contributed by atoms with van der Waals surface area (Å²) in [6.45, 7) is 3.71. The van der Waals surface area contributed by atoms with E-state index in [4.69, 9.17) is 21.8 Å². The van der Waals surface area contributed by atoms with E-state index in [-0.39, 0.29) is 4.88 Å². The molecule has 2 N–H and O–H groups in total. The first-order valence-corrected chi connectivity index (χ1v) is 7.11. The van der Waals surface area contributed by atoms with Gasteiger partial charge in [-0.3, -0.25) is 0 Å². The molecule has 0 saturated heterocycles. The Bertz CT molecular complexity index is 601. The van der Waals surface area contributed by atoms with Crippen molar-refractivity contribution in [1.29, 1.82) is 0 Å². The van der Waals surface area contributed by atoms with Crippen LogP contribution < -0.4 is 0 Å². The molecule has 2 rings (SSSR count). The van der Waals surface area contributed by atoms with Crippen LogP contribution in [0.1, 0.15) is 29.1 Å². The van der Waals surface area contributed by atoms with Crippen molar-refractivity contribution in [2.45, 2.75) is 13.8 Å². The van der Waals surface area contributed by atoms with Crippen molar-refractivity contribution >= 4 is 46.2 Å². The number of halogens is 1. The monoisotopic (exact) mass is 318 g/mol. The fourth-order valence-electron chi connectivity index (χ4n) is 1.18. The van der Waals surface area contributed by atoms with Crippen LogP contribution in [-0.2, 0) is 0 Å². The standard InChI is InChI=1S/C6H5ClO2S.C6H6O2S/c1-3-2-4(7)5(10-3)6(8)9;1-4-2-3-5(9-4)6(7)8/h2H,1H3,(H,8,9);2-3H,1H3,(H,7,8). The predicted molar refractivity (Wildman–Crippen MR) is 77.0 cm³/mol. The summed E-state index contributed by atoms with van der Waals surface area (Å²) in [5.41, 5.74) is 0. The van der Waals surface area contributed by atoms with Crippen LogP contribution in [0.2, 0.25) is 5.02 Å². The van der Waals surface area contributed by atoms with Gasteiger partial charge < -0.3 is 10.2 Å². The van der Waals surface area contributed by atoms with Gasteiger partial charge >= 0.3 is 11.9 Å². The Balaban J connectivity index is 0.000000191. The first-order valence-electron chi connectivity index (χ1n) is 5.10.